The Balaban J connectivity index is 2.01. The van der Waals surface area contributed by atoms with Gasteiger partial charge >= 0.3 is 5.97 Å². The summed E-state index contributed by atoms with van der Waals surface area (Å²) in [5.41, 5.74) is 0.407. The molecule has 0 fully saturated rings. The number of fused-ring (bicyclic) bond motifs is 1. The van der Waals surface area contributed by atoms with Crippen molar-refractivity contribution in [1.29, 1.82) is 0 Å². The van der Waals surface area contributed by atoms with Crippen LogP contribution in [0.2, 0.25) is 0 Å². The number of rotatable bonds is 6. The van der Waals surface area contributed by atoms with Gasteiger partial charge in [-0.3, -0.25) is 19.0 Å². The molecule has 0 aliphatic rings. The van der Waals surface area contributed by atoms with Crippen molar-refractivity contribution >= 4 is 33.3 Å². The van der Waals surface area contributed by atoms with Crippen molar-refractivity contribution < 1.29 is 14.3 Å². The normalized spacial score (nSPS) is 10.7. The summed E-state index contributed by atoms with van der Waals surface area (Å²) in [5, 5.41) is 1.78. The predicted octanol–water partition coefficient (Wildman–Crippen LogP) is 1.37. The van der Waals surface area contributed by atoms with Crippen molar-refractivity contribution in [2.24, 2.45) is 0 Å². The van der Waals surface area contributed by atoms with Gasteiger partial charge in [0.1, 0.15) is 4.70 Å². The molecule has 0 N–H and O–H groups in total. The second-order valence-corrected chi connectivity index (χ2v) is 5.07. The Bertz CT molecular complexity index is 689. The van der Waals surface area contributed by atoms with Gasteiger partial charge in [-0.15, -0.1) is 11.3 Å². The van der Waals surface area contributed by atoms with Gasteiger partial charge in [-0.05, 0) is 18.4 Å². The molecule has 0 aliphatic heterocycles. The van der Waals surface area contributed by atoms with Crippen molar-refractivity contribution in [2.45, 2.75) is 26.3 Å². The van der Waals surface area contributed by atoms with Crippen LogP contribution in [0, 0.1) is 0 Å². The highest BCUT2D eigenvalue weighted by Crippen LogP contribution is 2.13. The van der Waals surface area contributed by atoms with Gasteiger partial charge in [0.15, 0.2) is 5.78 Å². The van der Waals surface area contributed by atoms with Crippen LogP contribution in [0.3, 0.4) is 0 Å². The van der Waals surface area contributed by atoms with Crippen LogP contribution in [0.15, 0.2) is 22.6 Å². The fourth-order valence-corrected chi connectivity index (χ4v) is 2.53. The number of hydrogen-bond acceptors (Lipinski definition) is 6. The second kappa shape index (κ2) is 6.42. The Morgan fingerprint density at radius 2 is 2.20 bits per heavy atom. The van der Waals surface area contributed by atoms with Gasteiger partial charge in [-0.25, -0.2) is 4.98 Å². The number of carbonyl (C=O) groups excluding carboxylic acids is 2. The number of esters is 1. The number of hydrogen-bond donors (Lipinski definition) is 0. The zero-order chi connectivity index (χ0) is 14.5. The molecule has 2 heterocycles. The number of Topliss-reactive ketones (excluding diaryl/α,β-unsaturated/α-hetero) is 1. The fraction of sp³-hybridized carbons (Fsp3) is 0.385. The summed E-state index contributed by atoms with van der Waals surface area (Å²) in [5.74, 6) is -0.599. The fourth-order valence-electron chi connectivity index (χ4n) is 1.74. The highest BCUT2D eigenvalue weighted by molar-refractivity contribution is 7.17. The van der Waals surface area contributed by atoms with Crippen LogP contribution in [-0.2, 0) is 20.9 Å². The molecule has 0 spiro atoms. The van der Waals surface area contributed by atoms with E-state index in [9.17, 15) is 14.4 Å². The maximum absolute atomic E-state index is 12.1. The molecule has 0 radical (unpaired) electrons. The Morgan fingerprint density at radius 3 is 2.95 bits per heavy atom. The first kappa shape index (κ1) is 14.4. The number of carbonyl (C=O) groups is 2. The standard InChI is InChI=1S/C13H14N2O4S/c1-2-19-11(17)4-3-9(16)7-15-8-14-10-5-6-20-12(10)13(15)18/h5-6,8H,2-4,7H2,1H3. The maximum Gasteiger partial charge on any atom is 0.306 e. The Labute approximate surface area is 119 Å². The van der Waals surface area contributed by atoms with E-state index in [1.807, 2.05) is 0 Å². The van der Waals surface area contributed by atoms with Gasteiger partial charge in [0.25, 0.3) is 5.56 Å². The molecule has 0 bridgehead atoms. The van der Waals surface area contributed by atoms with E-state index in [-0.39, 0.29) is 30.7 Å². The van der Waals surface area contributed by atoms with Gasteiger partial charge in [0.05, 0.1) is 31.4 Å². The van der Waals surface area contributed by atoms with Gasteiger partial charge in [-0.1, -0.05) is 0 Å². The molecule has 0 amide bonds. The number of nitrogens with zero attached hydrogens (tertiary/aromatic N) is 2. The summed E-state index contributed by atoms with van der Waals surface area (Å²) in [6.07, 6.45) is 1.46. The zero-order valence-electron chi connectivity index (χ0n) is 11.0. The maximum atomic E-state index is 12.1. The Morgan fingerprint density at radius 1 is 1.40 bits per heavy atom. The van der Waals surface area contributed by atoms with E-state index in [0.29, 0.717) is 16.8 Å². The summed E-state index contributed by atoms with van der Waals surface area (Å²) in [6, 6.07) is 1.76. The first-order valence-electron chi connectivity index (χ1n) is 6.21. The molecule has 0 saturated heterocycles. The number of thiophene rings is 1. The highest BCUT2D eigenvalue weighted by Gasteiger charge is 2.11. The third-order valence-corrected chi connectivity index (χ3v) is 3.59. The molecule has 20 heavy (non-hydrogen) atoms. The van der Waals surface area contributed by atoms with Gasteiger partial charge in [0.2, 0.25) is 0 Å². The third-order valence-electron chi connectivity index (χ3n) is 2.70. The van der Waals surface area contributed by atoms with Crippen LogP contribution in [-0.4, -0.2) is 27.9 Å². The summed E-state index contributed by atoms with van der Waals surface area (Å²) < 4.78 is 6.55. The molecule has 0 aliphatic carbocycles. The van der Waals surface area contributed by atoms with Gasteiger partial charge in [0, 0.05) is 6.42 Å². The second-order valence-electron chi connectivity index (χ2n) is 4.16. The van der Waals surface area contributed by atoms with Gasteiger partial charge < -0.3 is 4.74 Å². The average molecular weight is 294 g/mol. The van der Waals surface area contributed by atoms with E-state index in [0.717, 1.165) is 0 Å². The molecule has 2 rings (SSSR count). The van der Waals surface area contributed by atoms with Crippen molar-refractivity contribution in [3.63, 3.8) is 0 Å². The van der Waals surface area contributed by atoms with Crippen LogP contribution >= 0.6 is 11.3 Å². The summed E-state index contributed by atoms with van der Waals surface area (Å²) >= 11 is 1.30. The molecule has 2 aromatic heterocycles. The average Bonchev–Trinajstić information content (AvgIpc) is 2.89. The van der Waals surface area contributed by atoms with Crippen molar-refractivity contribution in [1.82, 2.24) is 9.55 Å². The number of ether oxygens (including phenoxy) is 1. The van der Waals surface area contributed by atoms with Crippen molar-refractivity contribution in [3.8, 4) is 0 Å². The topological polar surface area (TPSA) is 78.3 Å². The highest BCUT2D eigenvalue weighted by atomic mass is 32.1. The molecule has 0 unspecified atom stereocenters. The van der Waals surface area contributed by atoms with Crippen LogP contribution < -0.4 is 5.56 Å². The zero-order valence-corrected chi connectivity index (χ0v) is 11.8. The van der Waals surface area contributed by atoms with Crippen LogP contribution in [0.5, 0.6) is 0 Å². The number of aromatic nitrogens is 2. The third kappa shape index (κ3) is 3.30. The molecule has 0 atom stereocenters. The lowest BCUT2D eigenvalue weighted by atomic mass is 10.2. The minimum atomic E-state index is -0.403. The minimum Gasteiger partial charge on any atom is -0.466 e. The monoisotopic (exact) mass is 294 g/mol. The van der Waals surface area contributed by atoms with Gasteiger partial charge in [-0.2, -0.15) is 0 Å². The van der Waals surface area contributed by atoms with Crippen LogP contribution in [0.4, 0.5) is 0 Å². The summed E-state index contributed by atoms with van der Waals surface area (Å²) in [6.45, 7) is 1.94. The number of ketones is 1. The first-order valence-corrected chi connectivity index (χ1v) is 7.09. The minimum absolute atomic E-state index is 0.0378. The largest absolute Gasteiger partial charge is 0.466 e. The SMILES string of the molecule is CCOC(=O)CCC(=O)Cn1cnc2ccsc2c1=O. The molecule has 0 saturated carbocycles. The molecular formula is C13H14N2O4S. The molecular weight excluding hydrogens is 280 g/mol. The van der Waals surface area contributed by atoms with E-state index < -0.39 is 5.97 Å². The molecule has 6 nitrogen and oxygen atoms in total. The molecule has 106 valence electrons. The molecule has 0 aromatic carbocycles. The lowest BCUT2D eigenvalue weighted by Gasteiger charge is -2.04. The van der Waals surface area contributed by atoms with E-state index in [4.69, 9.17) is 4.74 Å². The van der Waals surface area contributed by atoms with Crippen molar-refractivity contribution in [3.05, 3.63) is 28.1 Å². The summed E-state index contributed by atoms with van der Waals surface area (Å²) in [7, 11) is 0. The Hall–Kier alpha value is -2.02. The van der Waals surface area contributed by atoms with E-state index in [2.05, 4.69) is 4.98 Å². The predicted molar refractivity (Wildman–Crippen MR) is 74.8 cm³/mol. The quantitative estimate of drug-likeness (QED) is 0.752. The first-order chi connectivity index (χ1) is 9.61. The van der Waals surface area contributed by atoms with E-state index >= 15 is 0 Å². The Kier molecular flexibility index (Phi) is 4.62. The van der Waals surface area contributed by atoms with Crippen LogP contribution in [0.25, 0.3) is 10.2 Å². The van der Waals surface area contributed by atoms with Crippen molar-refractivity contribution in [2.75, 3.05) is 6.61 Å². The van der Waals surface area contributed by atoms with Crippen LogP contribution in [0.1, 0.15) is 19.8 Å². The smallest absolute Gasteiger partial charge is 0.306 e. The summed E-state index contributed by atoms with van der Waals surface area (Å²) in [4.78, 5) is 39.1. The lowest BCUT2D eigenvalue weighted by molar-refractivity contribution is -0.144. The lowest BCUT2D eigenvalue weighted by Crippen LogP contribution is -2.24. The van der Waals surface area contributed by atoms with E-state index in [1.54, 1.807) is 18.4 Å². The molecule has 2 aromatic rings. The van der Waals surface area contributed by atoms with E-state index in [1.165, 1.54) is 22.2 Å². The molecule has 7 heteroatoms.